The van der Waals surface area contributed by atoms with Crippen LogP contribution in [0.3, 0.4) is 0 Å². The zero-order chi connectivity index (χ0) is 17.8. The molecule has 1 aliphatic rings. The van der Waals surface area contributed by atoms with Gasteiger partial charge in [-0.2, -0.15) is 0 Å². The van der Waals surface area contributed by atoms with Crippen LogP contribution in [-0.4, -0.2) is 66.0 Å². The van der Waals surface area contributed by atoms with Crippen LogP contribution in [0.25, 0.3) is 10.8 Å². The summed E-state index contributed by atoms with van der Waals surface area (Å²) in [5, 5.41) is 4.03. The molecule has 7 nitrogen and oxygen atoms in total. The van der Waals surface area contributed by atoms with Crippen LogP contribution in [0, 0.1) is 0 Å². The highest BCUT2D eigenvalue weighted by molar-refractivity contribution is 5.85. The van der Waals surface area contributed by atoms with E-state index in [0.29, 0.717) is 18.5 Å². The highest BCUT2D eigenvalue weighted by atomic mass is 16.2. The van der Waals surface area contributed by atoms with E-state index in [0.717, 1.165) is 18.5 Å². The molecule has 0 unspecified atom stereocenters. The average molecular weight is 342 g/mol. The predicted molar refractivity (Wildman–Crippen MR) is 95.3 cm³/mol. The molecule has 1 aromatic carbocycles. The van der Waals surface area contributed by atoms with Crippen molar-refractivity contribution < 1.29 is 9.59 Å². The van der Waals surface area contributed by atoms with E-state index in [9.17, 15) is 14.4 Å². The van der Waals surface area contributed by atoms with Crippen molar-refractivity contribution >= 4 is 22.6 Å². The van der Waals surface area contributed by atoms with Crippen LogP contribution in [0.15, 0.2) is 41.3 Å². The molecule has 2 amide bonds. The lowest BCUT2D eigenvalue weighted by atomic mass is 10.2. The zero-order valence-electron chi connectivity index (χ0n) is 14.3. The van der Waals surface area contributed by atoms with Gasteiger partial charge in [0.2, 0.25) is 11.8 Å². The SMILES string of the molecule is CN1CCN(C(=O)CNC(=O)Cn2ccc3ccccc3c2=O)CC1. The number of nitrogens with zero attached hydrogens (tertiary/aromatic N) is 3. The Labute approximate surface area is 145 Å². The van der Waals surface area contributed by atoms with Gasteiger partial charge in [0, 0.05) is 37.8 Å². The molecule has 3 rings (SSSR count). The zero-order valence-corrected chi connectivity index (χ0v) is 14.3. The number of pyridine rings is 1. The molecule has 1 aromatic heterocycles. The fourth-order valence-electron chi connectivity index (χ4n) is 2.91. The number of likely N-dealkylation sites (N-methyl/N-ethyl adjacent to an activating group) is 1. The van der Waals surface area contributed by atoms with Gasteiger partial charge < -0.3 is 19.7 Å². The molecule has 0 spiro atoms. The number of nitrogens with one attached hydrogen (secondary N) is 1. The summed E-state index contributed by atoms with van der Waals surface area (Å²) in [7, 11) is 2.02. The van der Waals surface area contributed by atoms with Crippen molar-refractivity contribution in [3.8, 4) is 0 Å². The Balaban J connectivity index is 1.57. The van der Waals surface area contributed by atoms with Crippen LogP contribution in [0.4, 0.5) is 0 Å². The first-order chi connectivity index (χ1) is 12.0. The quantitative estimate of drug-likeness (QED) is 0.841. The molecule has 0 radical (unpaired) electrons. The molecule has 25 heavy (non-hydrogen) atoms. The van der Waals surface area contributed by atoms with Crippen LogP contribution < -0.4 is 10.9 Å². The van der Waals surface area contributed by atoms with E-state index in [-0.39, 0.29) is 30.5 Å². The Kier molecular flexibility index (Phi) is 5.14. The molecule has 0 saturated carbocycles. The summed E-state index contributed by atoms with van der Waals surface area (Å²) in [6, 6.07) is 9.06. The maximum absolute atomic E-state index is 12.4. The molecule has 2 aromatic rings. The minimum atomic E-state index is -0.347. The van der Waals surface area contributed by atoms with Crippen molar-refractivity contribution in [3.63, 3.8) is 0 Å². The number of fused-ring (bicyclic) bond motifs is 1. The van der Waals surface area contributed by atoms with E-state index in [1.54, 1.807) is 29.3 Å². The highest BCUT2D eigenvalue weighted by Crippen LogP contribution is 2.07. The molecule has 2 heterocycles. The molecule has 7 heteroatoms. The number of hydrogen-bond donors (Lipinski definition) is 1. The summed E-state index contributed by atoms with van der Waals surface area (Å²) in [6.07, 6.45) is 1.60. The summed E-state index contributed by atoms with van der Waals surface area (Å²) < 4.78 is 1.36. The van der Waals surface area contributed by atoms with Crippen molar-refractivity contribution in [1.29, 1.82) is 0 Å². The largest absolute Gasteiger partial charge is 0.345 e. The van der Waals surface area contributed by atoms with Gasteiger partial charge in [-0.3, -0.25) is 14.4 Å². The second-order valence-corrected chi connectivity index (χ2v) is 6.30. The summed E-state index contributed by atoms with van der Waals surface area (Å²) in [4.78, 5) is 40.5. The minimum Gasteiger partial charge on any atom is -0.345 e. The number of carbonyl (C=O) groups is 2. The predicted octanol–water partition coefficient (Wildman–Crippen LogP) is -0.108. The third kappa shape index (κ3) is 4.06. The fraction of sp³-hybridized carbons (Fsp3) is 0.389. The maximum Gasteiger partial charge on any atom is 0.258 e. The smallest absolute Gasteiger partial charge is 0.258 e. The van der Waals surface area contributed by atoms with Gasteiger partial charge in [0.05, 0.1) is 6.54 Å². The molecule has 132 valence electrons. The molecule has 0 bridgehead atoms. The number of amides is 2. The number of hydrogen-bond acceptors (Lipinski definition) is 4. The number of rotatable bonds is 4. The number of aromatic nitrogens is 1. The van der Waals surface area contributed by atoms with Gasteiger partial charge in [-0.25, -0.2) is 0 Å². The van der Waals surface area contributed by atoms with Gasteiger partial charge >= 0.3 is 0 Å². The van der Waals surface area contributed by atoms with Crippen LogP contribution in [0.1, 0.15) is 0 Å². The van der Waals surface area contributed by atoms with Crippen molar-refractivity contribution in [2.75, 3.05) is 39.8 Å². The molecule has 1 N–H and O–H groups in total. The molecular formula is C18H22N4O3. The van der Waals surface area contributed by atoms with Gasteiger partial charge in [0.1, 0.15) is 6.54 Å². The first-order valence-corrected chi connectivity index (χ1v) is 8.36. The summed E-state index contributed by atoms with van der Waals surface area (Å²) in [5.41, 5.74) is -0.210. The Bertz CT molecular complexity index is 838. The van der Waals surface area contributed by atoms with E-state index in [1.807, 2.05) is 19.2 Å². The lowest BCUT2D eigenvalue weighted by Crippen LogP contribution is -2.50. The lowest BCUT2D eigenvalue weighted by Gasteiger charge is -2.32. The van der Waals surface area contributed by atoms with Crippen molar-refractivity contribution in [3.05, 3.63) is 46.9 Å². The van der Waals surface area contributed by atoms with Crippen LogP contribution in [0.2, 0.25) is 0 Å². The Hall–Kier alpha value is -2.67. The Morgan fingerprint density at radius 1 is 1.08 bits per heavy atom. The summed E-state index contributed by atoms with van der Waals surface area (Å²) in [5.74, 6) is -0.438. The highest BCUT2D eigenvalue weighted by Gasteiger charge is 2.19. The van der Waals surface area contributed by atoms with Gasteiger partial charge in [0.15, 0.2) is 0 Å². The van der Waals surface area contributed by atoms with Crippen molar-refractivity contribution in [2.24, 2.45) is 0 Å². The first-order valence-electron chi connectivity index (χ1n) is 8.36. The average Bonchev–Trinajstić information content (AvgIpc) is 2.63. The van der Waals surface area contributed by atoms with E-state index >= 15 is 0 Å². The second-order valence-electron chi connectivity index (χ2n) is 6.30. The number of benzene rings is 1. The topological polar surface area (TPSA) is 74.7 Å². The summed E-state index contributed by atoms with van der Waals surface area (Å²) >= 11 is 0. The van der Waals surface area contributed by atoms with Gasteiger partial charge in [0.25, 0.3) is 5.56 Å². The Morgan fingerprint density at radius 2 is 1.80 bits per heavy atom. The fourth-order valence-corrected chi connectivity index (χ4v) is 2.91. The van der Waals surface area contributed by atoms with Crippen LogP contribution in [0.5, 0.6) is 0 Å². The van der Waals surface area contributed by atoms with Crippen LogP contribution in [-0.2, 0) is 16.1 Å². The number of piperazine rings is 1. The van der Waals surface area contributed by atoms with E-state index in [4.69, 9.17) is 0 Å². The standard InChI is InChI=1S/C18H22N4O3/c1-20-8-10-21(11-9-20)17(24)12-19-16(23)13-22-7-6-14-4-2-3-5-15(14)18(22)25/h2-7H,8-13H2,1H3,(H,19,23). The van der Waals surface area contributed by atoms with E-state index < -0.39 is 0 Å². The van der Waals surface area contributed by atoms with Gasteiger partial charge in [-0.05, 0) is 24.6 Å². The normalized spacial score (nSPS) is 15.3. The van der Waals surface area contributed by atoms with Gasteiger partial charge in [-0.1, -0.05) is 18.2 Å². The molecule has 1 fully saturated rings. The minimum absolute atomic E-state index is 0.0368. The first kappa shape index (κ1) is 17.2. The monoisotopic (exact) mass is 342 g/mol. The third-order valence-corrected chi connectivity index (χ3v) is 4.49. The van der Waals surface area contributed by atoms with Crippen molar-refractivity contribution in [1.82, 2.24) is 19.7 Å². The second kappa shape index (κ2) is 7.48. The molecule has 1 aliphatic heterocycles. The maximum atomic E-state index is 12.4. The molecule has 0 atom stereocenters. The molecule has 1 saturated heterocycles. The lowest BCUT2D eigenvalue weighted by molar-refractivity contribution is -0.134. The van der Waals surface area contributed by atoms with Gasteiger partial charge in [-0.15, -0.1) is 0 Å². The molecular weight excluding hydrogens is 320 g/mol. The Morgan fingerprint density at radius 3 is 2.56 bits per heavy atom. The van der Waals surface area contributed by atoms with Crippen molar-refractivity contribution in [2.45, 2.75) is 6.54 Å². The van der Waals surface area contributed by atoms with Crippen LogP contribution >= 0.6 is 0 Å². The van der Waals surface area contributed by atoms with E-state index in [1.165, 1.54) is 4.57 Å². The number of carbonyl (C=O) groups excluding carboxylic acids is 2. The third-order valence-electron chi connectivity index (χ3n) is 4.49. The summed E-state index contributed by atoms with van der Waals surface area (Å²) in [6.45, 7) is 2.90. The van der Waals surface area contributed by atoms with E-state index in [2.05, 4.69) is 10.2 Å². The molecule has 0 aliphatic carbocycles.